The van der Waals surface area contributed by atoms with Crippen LogP contribution in [0.3, 0.4) is 0 Å². The molecule has 1 amide bonds. The maximum absolute atomic E-state index is 13.4. The van der Waals surface area contributed by atoms with Crippen LogP contribution >= 0.6 is 0 Å². The molecule has 1 aliphatic heterocycles. The summed E-state index contributed by atoms with van der Waals surface area (Å²) in [6.45, 7) is 6.81. The molecule has 1 fully saturated rings. The van der Waals surface area contributed by atoms with E-state index in [2.05, 4.69) is 27.0 Å². The molecule has 0 radical (unpaired) electrons. The standard InChI is InChI=1S/C20H22F2N6O/c1-11-4-5-27(19(29)14-6-12(2)25-13(3)7-14)9-15(11)17-8-16(18(21)22)26-20-23-10-24-28(17)20/h6-8,10-11,15,18H,4-5,9H2,1-3H3/t11-,15-/m1/s1. The zero-order valence-electron chi connectivity index (χ0n) is 16.5. The van der Waals surface area contributed by atoms with E-state index in [1.54, 1.807) is 17.0 Å². The van der Waals surface area contributed by atoms with Crippen molar-refractivity contribution < 1.29 is 13.6 Å². The molecule has 0 bridgehead atoms. The number of pyridine rings is 1. The molecule has 3 aromatic rings. The zero-order chi connectivity index (χ0) is 20.7. The quantitative estimate of drug-likeness (QED) is 0.674. The van der Waals surface area contributed by atoms with Gasteiger partial charge in [-0.05, 0) is 44.4 Å². The van der Waals surface area contributed by atoms with Crippen molar-refractivity contribution in [3.05, 3.63) is 52.9 Å². The summed E-state index contributed by atoms with van der Waals surface area (Å²) in [7, 11) is 0. The predicted molar refractivity (Wildman–Crippen MR) is 102 cm³/mol. The third-order valence-corrected chi connectivity index (χ3v) is 5.48. The Labute approximate surface area is 166 Å². The molecule has 0 aromatic carbocycles. The van der Waals surface area contributed by atoms with Crippen molar-refractivity contribution in [2.24, 2.45) is 5.92 Å². The molecule has 4 rings (SSSR count). The summed E-state index contributed by atoms with van der Waals surface area (Å²) in [5.41, 5.74) is 2.45. The molecule has 4 heterocycles. The monoisotopic (exact) mass is 400 g/mol. The summed E-state index contributed by atoms with van der Waals surface area (Å²) >= 11 is 0. The van der Waals surface area contributed by atoms with Crippen LogP contribution in [0.5, 0.6) is 0 Å². The van der Waals surface area contributed by atoms with E-state index in [0.717, 1.165) is 17.8 Å². The summed E-state index contributed by atoms with van der Waals surface area (Å²) in [6, 6.07) is 4.95. The van der Waals surface area contributed by atoms with E-state index in [-0.39, 0.29) is 29.2 Å². The van der Waals surface area contributed by atoms with E-state index in [4.69, 9.17) is 0 Å². The lowest BCUT2D eigenvalue weighted by Gasteiger charge is -2.37. The minimum atomic E-state index is -2.70. The molecule has 1 saturated heterocycles. The second kappa shape index (κ2) is 7.46. The van der Waals surface area contributed by atoms with Gasteiger partial charge in [-0.1, -0.05) is 6.92 Å². The Morgan fingerprint density at radius 2 is 1.90 bits per heavy atom. The van der Waals surface area contributed by atoms with Crippen LogP contribution in [0.25, 0.3) is 5.78 Å². The van der Waals surface area contributed by atoms with Crippen molar-refractivity contribution in [3.8, 4) is 0 Å². The highest BCUT2D eigenvalue weighted by Gasteiger charge is 2.33. The third-order valence-electron chi connectivity index (χ3n) is 5.48. The summed E-state index contributed by atoms with van der Waals surface area (Å²) in [6.07, 6.45) is -0.628. The summed E-state index contributed by atoms with van der Waals surface area (Å²) in [5, 5.41) is 4.17. The van der Waals surface area contributed by atoms with Gasteiger partial charge in [-0.2, -0.15) is 10.1 Å². The molecular formula is C20H22F2N6O. The van der Waals surface area contributed by atoms with Gasteiger partial charge in [-0.25, -0.2) is 18.3 Å². The summed E-state index contributed by atoms with van der Waals surface area (Å²) < 4.78 is 28.2. The first-order chi connectivity index (χ1) is 13.8. The Hall–Kier alpha value is -2.97. The van der Waals surface area contributed by atoms with E-state index >= 15 is 0 Å². The Morgan fingerprint density at radius 3 is 2.59 bits per heavy atom. The number of halogens is 2. The van der Waals surface area contributed by atoms with Gasteiger partial charge in [0.15, 0.2) is 0 Å². The Balaban J connectivity index is 1.69. The van der Waals surface area contributed by atoms with Crippen molar-refractivity contribution in [2.45, 2.75) is 39.5 Å². The fourth-order valence-corrected chi connectivity index (χ4v) is 4.01. The number of fused-ring (bicyclic) bond motifs is 1. The predicted octanol–water partition coefficient (Wildman–Crippen LogP) is 3.34. The van der Waals surface area contributed by atoms with E-state index in [1.165, 1.54) is 16.9 Å². The lowest BCUT2D eigenvalue weighted by Crippen LogP contribution is -2.42. The van der Waals surface area contributed by atoms with E-state index in [0.29, 0.717) is 24.3 Å². The molecule has 0 unspecified atom stereocenters. The molecular weight excluding hydrogens is 378 g/mol. The minimum Gasteiger partial charge on any atom is -0.338 e. The number of rotatable bonds is 3. The van der Waals surface area contributed by atoms with Crippen LogP contribution < -0.4 is 0 Å². The zero-order valence-corrected chi connectivity index (χ0v) is 16.5. The van der Waals surface area contributed by atoms with Crippen LogP contribution in [0.15, 0.2) is 24.5 Å². The minimum absolute atomic E-state index is 0.0755. The molecule has 152 valence electrons. The average molecular weight is 400 g/mol. The molecule has 9 heteroatoms. The number of aryl methyl sites for hydroxylation is 2. The average Bonchev–Trinajstić information content (AvgIpc) is 3.15. The van der Waals surface area contributed by atoms with Crippen LogP contribution in [0.4, 0.5) is 8.78 Å². The molecule has 29 heavy (non-hydrogen) atoms. The van der Waals surface area contributed by atoms with Gasteiger partial charge in [0, 0.05) is 36.0 Å². The third kappa shape index (κ3) is 3.68. The number of nitrogens with zero attached hydrogens (tertiary/aromatic N) is 6. The van der Waals surface area contributed by atoms with Crippen molar-refractivity contribution in [1.29, 1.82) is 0 Å². The largest absolute Gasteiger partial charge is 0.338 e. The number of hydrogen-bond acceptors (Lipinski definition) is 5. The Kier molecular flexibility index (Phi) is 4.97. The molecule has 1 aliphatic rings. The first-order valence-electron chi connectivity index (χ1n) is 9.56. The SMILES string of the molecule is Cc1cc(C(=O)N2CC[C@@H](C)[C@H](c3cc(C(F)F)nc4ncnn34)C2)cc(C)n1. The van der Waals surface area contributed by atoms with Gasteiger partial charge in [0.2, 0.25) is 0 Å². The molecule has 0 spiro atoms. The van der Waals surface area contributed by atoms with Crippen LogP contribution in [0, 0.1) is 19.8 Å². The maximum atomic E-state index is 13.4. The first kappa shape index (κ1) is 19.4. The second-order valence-corrected chi connectivity index (χ2v) is 7.64. The van der Waals surface area contributed by atoms with E-state index < -0.39 is 6.43 Å². The van der Waals surface area contributed by atoms with Crippen molar-refractivity contribution in [3.63, 3.8) is 0 Å². The molecule has 2 atom stereocenters. The van der Waals surface area contributed by atoms with Gasteiger partial charge in [0.25, 0.3) is 18.1 Å². The van der Waals surface area contributed by atoms with Crippen molar-refractivity contribution in [2.75, 3.05) is 13.1 Å². The van der Waals surface area contributed by atoms with Crippen LogP contribution in [-0.2, 0) is 0 Å². The van der Waals surface area contributed by atoms with Crippen LogP contribution in [0.2, 0.25) is 0 Å². The highest BCUT2D eigenvalue weighted by atomic mass is 19.3. The highest BCUT2D eigenvalue weighted by Crippen LogP contribution is 2.34. The van der Waals surface area contributed by atoms with E-state index in [9.17, 15) is 13.6 Å². The Bertz CT molecular complexity index is 1050. The molecule has 7 nitrogen and oxygen atoms in total. The van der Waals surface area contributed by atoms with Crippen LogP contribution in [-0.4, -0.2) is 48.5 Å². The lowest BCUT2D eigenvalue weighted by molar-refractivity contribution is 0.0665. The van der Waals surface area contributed by atoms with Gasteiger partial charge < -0.3 is 4.90 Å². The summed E-state index contributed by atoms with van der Waals surface area (Å²) in [4.78, 5) is 27.1. The number of amides is 1. The van der Waals surface area contributed by atoms with Gasteiger partial charge in [-0.15, -0.1) is 0 Å². The highest BCUT2D eigenvalue weighted by molar-refractivity contribution is 5.94. The summed E-state index contributed by atoms with van der Waals surface area (Å²) in [5.74, 6) is 0.115. The van der Waals surface area contributed by atoms with Crippen molar-refractivity contribution >= 4 is 11.7 Å². The van der Waals surface area contributed by atoms with Gasteiger partial charge in [0.1, 0.15) is 12.0 Å². The fraction of sp³-hybridized carbons (Fsp3) is 0.450. The number of alkyl halides is 2. The fourth-order valence-electron chi connectivity index (χ4n) is 4.01. The molecule has 3 aromatic heterocycles. The van der Waals surface area contributed by atoms with Crippen LogP contribution in [0.1, 0.15) is 58.8 Å². The first-order valence-corrected chi connectivity index (χ1v) is 9.56. The number of piperidine rings is 1. The van der Waals surface area contributed by atoms with Crippen molar-refractivity contribution in [1.82, 2.24) is 29.5 Å². The molecule has 0 saturated carbocycles. The number of likely N-dealkylation sites (tertiary alicyclic amines) is 1. The molecule has 0 aliphatic carbocycles. The second-order valence-electron chi connectivity index (χ2n) is 7.64. The lowest BCUT2D eigenvalue weighted by atomic mass is 9.84. The Morgan fingerprint density at radius 1 is 1.17 bits per heavy atom. The van der Waals surface area contributed by atoms with Gasteiger partial charge >= 0.3 is 0 Å². The topological polar surface area (TPSA) is 76.3 Å². The molecule has 0 N–H and O–H groups in total. The smallest absolute Gasteiger partial charge is 0.280 e. The number of carbonyl (C=O) groups excluding carboxylic acids is 1. The van der Waals surface area contributed by atoms with Gasteiger partial charge in [0.05, 0.1) is 5.69 Å². The normalized spacial score (nSPS) is 19.9. The number of carbonyl (C=O) groups is 1. The maximum Gasteiger partial charge on any atom is 0.280 e. The number of hydrogen-bond donors (Lipinski definition) is 0. The number of aromatic nitrogens is 5. The van der Waals surface area contributed by atoms with Gasteiger partial charge in [-0.3, -0.25) is 9.78 Å². The van der Waals surface area contributed by atoms with E-state index in [1.807, 2.05) is 13.8 Å².